The summed E-state index contributed by atoms with van der Waals surface area (Å²) in [5.74, 6) is -0.972. The quantitative estimate of drug-likeness (QED) is 0.875. The summed E-state index contributed by atoms with van der Waals surface area (Å²) >= 11 is 0. The maximum absolute atomic E-state index is 13.7. The first-order valence-electron chi connectivity index (χ1n) is 7.40. The first-order valence-corrected chi connectivity index (χ1v) is 7.40. The molecule has 0 aromatic heterocycles. The van der Waals surface area contributed by atoms with Crippen LogP contribution in [-0.2, 0) is 0 Å². The van der Waals surface area contributed by atoms with Crippen LogP contribution in [0.25, 0.3) is 11.1 Å². The largest absolute Gasteiger partial charge is 0.382 e. The van der Waals surface area contributed by atoms with Crippen molar-refractivity contribution in [2.24, 2.45) is 0 Å². The molecule has 6 heteroatoms. The molecule has 0 radical (unpaired) electrons. The molecule has 24 heavy (non-hydrogen) atoms. The highest BCUT2D eigenvalue weighted by molar-refractivity contribution is 5.95. The van der Waals surface area contributed by atoms with Crippen molar-refractivity contribution in [1.82, 2.24) is 5.32 Å². The SMILES string of the molecule is C[C@@H](NC(=O)c1ccc(-c2ccccc2F)cc1)[C@](C)(O)C(F)F. The van der Waals surface area contributed by atoms with Crippen molar-refractivity contribution in [3.05, 3.63) is 59.9 Å². The Morgan fingerprint density at radius 2 is 1.71 bits per heavy atom. The van der Waals surface area contributed by atoms with Crippen LogP contribution in [0.4, 0.5) is 13.2 Å². The fourth-order valence-electron chi connectivity index (χ4n) is 2.11. The Morgan fingerprint density at radius 1 is 1.12 bits per heavy atom. The molecule has 3 nitrogen and oxygen atoms in total. The molecule has 0 unspecified atom stereocenters. The molecule has 0 heterocycles. The number of alkyl halides is 2. The molecule has 2 aromatic carbocycles. The Kier molecular flexibility index (Phi) is 5.29. The molecule has 2 rings (SSSR count). The lowest BCUT2D eigenvalue weighted by molar-refractivity contribution is -0.0996. The number of rotatable bonds is 5. The Balaban J connectivity index is 2.14. The molecule has 0 aliphatic heterocycles. The molecule has 0 saturated heterocycles. The molecule has 1 amide bonds. The van der Waals surface area contributed by atoms with E-state index in [2.05, 4.69) is 5.32 Å². The highest BCUT2D eigenvalue weighted by atomic mass is 19.3. The van der Waals surface area contributed by atoms with Gasteiger partial charge in [0.1, 0.15) is 11.4 Å². The number of hydrogen-bond donors (Lipinski definition) is 2. The Morgan fingerprint density at radius 3 is 2.25 bits per heavy atom. The summed E-state index contributed by atoms with van der Waals surface area (Å²) in [5.41, 5.74) is -1.11. The number of benzene rings is 2. The van der Waals surface area contributed by atoms with Gasteiger partial charge in [-0.1, -0.05) is 30.3 Å². The van der Waals surface area contributed by atoms with Crippen LogP contribution >= 0.6 is 0 Å². The third-order valence-electron chi connectivity index (χ3n) is 4.00. The van der Waals surface area contributed by atoms with Crippen LogP contribution in [0.1, 0.15) is 24.2 Å². The maximum atomic E-state index is 13.7. The van der Waals surface area contributed by atoms with Gasteiger partial charge in [-0.25, -0.2) is 13.2 Å². The molecular weight excluding hydrogens is 319 g/mol. The van der Waals surface area contributed by atoms with Crippen LogP contribution in [0.2, 0.25) is 0 Å². The first kappa shape index (κ1) is 18.0. The molecule has 2 aromatic rings. The summed E-state index contributed by atoms with van der Waals surface area (Å²) in [7, 11) is 0. The summed E-state index contributed by atoms with van der Waals surface area (Å²) < 4.78 is 39.3. The van der Waals surface area contributed by atoms with Crippen molar-refractivity contribution in [2.45, 2.75) is 31.9 Å². The number of carbonyl (C=O) groups is 1. The number of hydrogen-bond acceptors (Lipinski definition) is 2. The zero-order valence-corrected chi connectivity index (χ0v) is 13.3. The monoisotopic (exact) mass is 337 g/mol. The number of aliphatic hydroxyl groups is 1. The van der Waals surface area contributed by atoms with Gasteiger partial charge in [-0.3, -0.25) is 4.79 Å². The second kappa shape index (κ2) is 7.05. The lowest BCUT2D eigenvalue weighted by atomic mass is 9.98. The van der Waals surface area contributed by atoms with Gasteiger partial charge in [-0.15, -0.1) is 0 Å². The van der Waals surface area contributed by atoms with Crippen LogP contribution < -0.4 is 5.32 Å². The normalized spacial score (nSPS) is 15.0. The topological polar surface area (TPSA) is 49.3 Å². The fourth-order valence-corrected chi connectivity index (χ4v) is 2.11. The van der Waals surface area contributed by atoms with E-state index < -0.39 is 24.0 Å². The van der Waals surface area contributed by atoms with Crippen LogP contribution in [-0.4, -0.2) is 29.1 Å². The van der Waals surface area contributed by atoms with Gasteiger partial charge in [-0.2, -0.15) is 0 Å². The lowest BCUT2D eigenvalue weighted by Gasteiger charge is -2.29. The second-order valence-electron chi connectivity index (χ2n) is 5.78. The first-order chi connectivity index (χ1) is 11.2. The minimum absolute atomic E-state index is 0.229. The van der Waals surface area contributed by atoms with Gasteiger partial charge in [0.15, 0.2) is 0 Å². The third kappa shape index (κ3) is 3.76. The van der Waals surface area contributed by atoms with E-state index in [0.717, 1.165) is 6.92 Å². The molecule has 0 spiro atoms. The van der Waals surface area contributed by atoms with Crippen molar-refractivity contribution in [1.29, 1.82) is 0 Å². The van der Waals surface area contributed by atoms with E-state index in [-0.39, 0.29) is 11.4 Å². The van der Waals surface area contributed by atoms with E-state index in [4.69, 9.17) is 0 Å². The molecule has 0 fully saturated rings. The van der Waals surface area contributed by atoms with Crippen molar-refractivity contribution in [2.75, 3.05) is 0 Å². The van der Waals surface area contributed by atoms with E-state index in [0.29, 0.717) is 11.1 Å². The molecule has 128 valence electrons. The molecular formula is C18H18F3NO2. The zero-order valence-electron chi connectivity index (χ0n) is 13.3. The van der Waals surface area contributed by atoms with Crippen molar-refractivity contribution < 1.29 is 23.1 Å². The van der Waals surface area contributed by atoms with E-state index in [1.54, 1.807) is 30.3 Å². The maximum Gasteiger partial charge on any atom is 0.268 e. The van der Waals surface area contributed by atoms with E-state index in [1.807, 2.05) is 0 Å². The zero-order chi connectivity index (χ0) is 17.9. The average molecular weight is 337 g/mol. The minimum Gasteiger partial charge on any atom is -0.382 e. The summed E-state index contributed by atoms with van der Waals surface area (Å²) in [5, 5.41) is 12.0. The highest BCUT2D eigenvalue weighted by Gasteiger charge is 2.39. The number of carbonyl (C=O) groups excluding carboxylic acids is 1. The molecule has 0 aliphatic carbocycles. The third-order valence-corrected chi connectivity index (χ3v) is 4.00. The minimum atomic E-state index is -2.99. The Labute approximate surface area is 138 Å². The number of halogens is 3. The molecule has 2 N–H and O–H groups in total. The lowest BCUT2D eigenvalue weighted by Crippen LogP contribution is -2.53. The molecule has 0 saturated carbocycles. The van der Waals surface area contributed by atoms with Gasteiger partial charge < -0.3 is 10.4 Å². The van der Waals surface area contributed by atoms with Gasteiger partial charge in [0.25, 0.3) is 12.3 Å². The van der Waals surface area contributed by atoms with Gasteiger partial charge >= 0.3 is 0 Å². The van der Waals surface area contributed by atoms with E-state index >= 15 is 0 Å². The Hall–Kier alpha value is -2.34. The van der Waals surface area contributed by atoms with Crippen molar-refractivity contribution in [3.63, 3.8) is 0 Å². The summed E-state index contributed by atoms with van der Waals surface area (Å²) in [6.07, 6.45) is -2.99. The highest BCUT2D eigenvalue weighted by Crippen LogP contribution is 2.23. The Bertz CT molecular complexity index is 714. The fraction of sp³-hybridized carbons (Fsp3) is 0.278. The van der Waals surface area contributed by atoms with Crippen LogP contribution in [0.15, 0.2) is 48.5 Å². The van der Waals surface area contributed by atoms with Gasteiger partial charge in [0, 0.05) is 11.1 Å². The number of nitrogens with one attached hydrogen (secondary N) is 1. The standard InChI is InChI=1S/C18H18F3NO2/c1-11(18(2,24)17(20)21)22-16(23)13-9-7-12(8-10-13)14-5-3-4-6-15(14)19/h3-11,17,24H,1-2H3,(H,22,23)/t11-,18+/m1/s1. The summed E-state index contributed by atoms with van der Waals surface area (Å²) in [6.45, 7) is 2.27. The van der Waals surface area contributed by atoms with Crippen LogP contribution in [0.5, 0.6) is 0 Å². The predicted molar refractivity (Wildman–Crippen MR) is 85.4 cm³/mol. The predicted octanol–water partition coefficient (Wildman–Crippen LogP) is 3.63. The molecule has 2 atom stereocenters. The van der Waals surface area contributed by atoms with Crippen LogP contribution in [0.3, 0.4) is 0 Å². The smallest absolute Gasteiger partial charge is 0.268 e. The van der Waals surface area contributed by atoms with Gasteiger partial charge in [0.05, 0.1) is 6.04 Å². The summed E-state index contributed by atoms with van der Waals surface area (Å²) in [6, 6.07) is 11.2. The van der Waals surface area contributed by atoms with Crippen molar-refractivity contribution in [3.8, 4) is 11.1 Å². The van der Waals surface area contributed by atoms with Gasteiger partial charge in [-0.05, 0) is 37.6 Å². The van der Waals surface area contributed by atoms with Gasteiger partial charge in [0.2, 0.25) is 0 Å². The second-order valence-corrected chi connectivity index (χ2v) is 5.78. The molecule has 0 aliphatic rings. The van der Waals surface area contributed by atoms with Crippen molar-refractivity contribution >= 4 is 5.91 Å². The number of amides is 1. The summed E-state index contributed by atoms with van der Waals surface area (Å²) in [4.78, 5) is 12.1. The van der Waals surface area contributed by atoms with E-state index in [1.165, 1.54) is 25.1 Å². The van der Waals surface area contributed by atoms with E-state index in [9.17, 15) is 23.1 Å². The van der Waals surface area contributed by atoms with Crippen LogP contribution in [0, 0.1) is 5.82 Å². The molecule has 0 bridgehead atoms. The average Bonchev–Trinajstić information content (AvgIpc) is 2.55.